The minimum atomic E-state index is -0.707. The molecule has 1 atom stereocenters. The van der Waals surface area contributed by atoms with Crippen LogP contribution in [0.1, 0.15) is 23.6 Å². The molecule has 0 aromatic heterocycles. The molecular weight excluding hydrogens is 471 g/mol. The Morgan fingerprint density at radius 2 is 1.68 bits per heavy atom. The van der Waals surface area contributed by atoms with Crippen LogP contribution in [0.4, 0.5) is 0 Å². The van der Waals surface area contributed by atoms with Gasteiger partial charge in [-0.25, -0.2) is 0 Å². The van der Waals surface area contributed by atoms with E-state index in [-0.39, 0.29) is 25.0 Å². The molecule has 34 heavy (non-hydrogen) atoms. The van der Waals surface area contributed by atoms with Gasteiger partial charge in [0.15, 0.2) is 6.61 Å². The highest BCUT2D eigenvalue weighted by atomic mass is 35.5. The lowest BCUT2D eigenvalue weighted by Crippen LogP contribution is -2.51. The summed E-state index contributed by atoms with van der Waals surface area (Å²) in [5.41, 5.74) is 2.68. The quantitative estimate of drug-likeness (QED) is 0.403. The molecule has 0 heterocycles. The number of halogens is 2. The van der Waals surface area contributed by atoms with E-state index >= 15 is 0 Å². The van der Waals surface area contributed by atoms with E-state index in [1.54, 1.807) is 35.2 Å². The minimum absolute atomic E-state index is 0.209. The van der Waals surface area contributed by atoms with Gasteiger partial charge in [-0.15, -0.1) is 0 Å². The van der Waals surface area contributed by atoms with Crippen LogP contribution in [0, 0.1) is 6.92 Å². The molecule has 0 aliphatic carbocycles. The van der Waals surface area contributed by atoms with Gasteiger partial charge in [-0.1, -0.05) is 65.7 Å². The van der Waals surface area contributed by atoms with Crippen LogP contribution in [0.25, 0.3) is 0 Å². The van der Waals surface area contributed by atoms with Gasteiger partial charge in [0.2, 0.25) is 5.91 Å². The van der Waals surface area contributed by atoms with E-state index in [1.165, 1.54) is 0 Å². The number of ether oxygens (including phenoxy) is 1. The van der Waals surface area contributed by atoms with E-state index in [0.29, 0.717) is 28.8 Å². The largest absolute Gasteiger partial charge is 0.484 e. The van der Waals surface area contributed by atoms with Gasteiger partial charge in [0.25, 0.3) is 5.91 Å². The minimum Gasteiger partial charge on any atom is -0.484 e. The lowest BCUT2D eigenvalue weighted by Gasteiger charge is -2.31. The van der Waals surface area contributed by atoms with Crippen molar-refractivity contribution in [3.63, 3.8) is 0 Å². The van der Waals surface area contributed by atoms with Crippen molar-refractivity contribution in [1.29, 1.82) is 0 Å². The fraction of sp³-hybridized carbons (Fsp3) is 0.259. The highest BCUT2D eigenvalue weighted by Gasteiger charge is 2.30. The lowest BCUT2D eigenvalue weighted by molar-refractivity contribution is -0.142. The van der Waals surface area contributed by atoms with Crippen LogP contribution in [0.15, 0.2) is 72.8 Å². The molecule has 0 bridgehead atoms. The number of hydrogen-bond acceptors (Lipinski definition) is 3. The molecule has 1 unspecified atom stereocenters. The van der Waals surface area contributed by atoms with Crippen molar-refractivity contribution in [2.45, 2.75) is 32.9 Å². The maximum atomic E-state index is 13.4. The van der Waals surface area contributed by atoms with Crippen LogP contribution in [0.5, 0.6) is 5.75 Å². The summed E-state index contributed by atoms with van der Waals surface area (Å²) in [4.78, 5) is 28.1. The van der Waals surface area contributed by atoms with Gasteiger partial charge in [0, 0.05) is 29.6 Å². The Morgan fingerprint density at radius 1 is 0.971 bits per heavy atom. The summed E-state index contributed by atoms with van der Waals surface area (Å²) >= 11 is 12.1. The number of hydrogen-bond donors (Lipinski definition) is 1. The Kier molecular flexibility index (Phi) is 9.37. The second kappa shape index (κ2) is 12.4. The molecule has 0 saturated carbocycles. The number of amides is 2. The van der Waals surface area contributed by atoms with Crippen molar-refractivity contribution in [3.05, 3.63) is 99.5 Å². The van der Waals surface area contributed by atoms with Gasteiger partial charge in [0.05, 0.1) is 0 Å². The molecule has 0 aliphatic heterocycles. The molecule has 2 amide bonds. The zero-order valence-corrected chi connectivity index (χ0v) is 20.8. The third kappa shape index (κ3) is 7.24. The van der Waals surface area contributed by atoms with E-state index in [4.69, 9.17) is 27.9 Å². The number of carbonyl (C=O) groups excluding carboxylic acids is 2. The van der Waals surface area contributed by atoms with Gasteiger partial charge in [-0.05, 0) is 60.9 Å². The molecular formula is C27H28Cl2N2O3. The Hall–Kier alpha value is -3.02. The van der Waals surface area contributed by atoms with Gasteiger partial charge < -0.3 is 15.0 Å². The van der Waals surface area contributed by atoms with Crippen LogP contribution in [0.3, 0.4) is 0 Å². The SMILES string of the molecule is CCNC(=O)C(Cc1ccccc1)N(Cc1ccc(Cl)cc1)C(=O)COc1ccc(Cl)c(C)c1. The molecule has 1 N–H and O–H groups in total. The predicted octanol–water partition coefficient (Wildman–Crippen LogP) is 5.46. The fourth-order valence-electron chi connectivity index (χ4n) is 3.57. The number of rotatable bonds is 10. The Labute approximate surface area is 210 Å². The number of aryl methyl sites for hydroxylation is 1. The van der Waals surface area contributed by atoms with Gasteiger partial charge in [0.1, 0.15) is 11.8 Å². The van der Waals surface area contributed by atoms with Crippen LogP contribution in [-0.4, -0.2) is 35.9 Å². The molecule has 178 valence electrons. The molecule has 3 aromatic rings. The molecule has 5 nitrogen and oxygen atoms in total. The second-order valence-corrected chi connectivity index (χ2v) is 8.79. The first-order valence-corrected chi connectivity index (χ1v) is 11.9. The van der Waals surface area contributed by atoms with Crippen molar-refractivity contribution in [1.82, 2.24) is 10.2 Å². The summed E-state index contributed by atoms with van der Waals surface area (Å²) in [7, 11) is 0. The zero-order valence-electron chi connectivity index (χ0n) is 19.3. The number of carbonyl (C=O) groups is 2. The third-order valence-corrected chi connectivity index (χ3v) is 6.06. The topological polar surface area (TPSA) is 58.6 Å². The molecule has 7 heteroatoms. The van der Waals surface area contributed by atoms with Crippen molar-refractivity contribution >= 4 is 35.0 Å². The first-order chi connectivity index (χ1) is 16.4. The number of likely N-dealkylation sites (N-methyl/N-ethyl adjacent to an activating group) is 1. The summed E-state index contributed by atoms with van der Waals surface area (Å²) in [6.07, 6.45) is 0.381. The van der Waals surface area contributed by atoms with E-state index in [0.717, 1.165) is 16.7 Å². The van der Waals surface area contributed by atoms with Crippen molar-refractivity contribution in [2.75, 3.05) is 13.2 Å². The third-order valence-electron chi connectivity index (χ3n) is 5.38. The van der Waals surface area contributed by atoms with E-state index < -0.39 is 6.04 Å². The number of benzene rings is 3. The maximum Gasteiger partial charge on any atom is 0.261 e. The first-order valence-electron chi connectivity index (χ1n) is 11.1. The van der Waals surface area contributed by atoms with Crippen molar-refractivity contribution < 1.29 is 14.3 Å². The van der Waals surface area contributed by atoms with Crippen LogP contribution in [-0.2, 0) is 22.6 Å². The number of nitrogens with one attached hydrogen (secondary N) is 1. The summed E-state index contributed by atoms with van der Waals surface area (Å²) in [5.74, 6) is 0.0325. The summed E-state index contributed by atoms with van der Waals surface area (Å²) in [6, 6.07) is 21.4. The standard InChI is InChI=1S/C27H28Cl2N2O3/c1-3-30-27(33)25(16-20-7-5-4-6-8-20)31(17-21-9-11-22(28)12-10-21)26(32)18-34-23-13-14-24(29)19(2)15-23/h4-15,25H,3,16-18H2,1-2H3,(H,30,33). The summed E-state index contributed by atoms with van der Waals surface area (Å²) < 4.78 is 5.78. The Morgan fingerprint density at radius 3 is 2.32 bits per heavy atom. The molecule has 0 spiro atoms. The molecule has 3 aromatic carbocycles. The molecule has 0 aliphatic rings. The van der Waals surface area contributed by atoms with E-state index in [9.17, 15) is 9.59 Å². The van der Waals surface area contributed by atoms with E-state index in [1.807, 2.05) is 56.3 Å². The predicted molar refractivity (Wildman–Crippen MR) is 136 cm³/mol. The first kappa shape index (κ1) is 25.6. The molecule has 0 fully saturated rings. The van der Waals surface area contributed by atoms with Crippen LogP contribution >= 0.6 is 23.2 Å². The zero-order chi connectivity index (χ0) is 24.5. The van der Waals surface area contributed by atoms with Crippen LogP contribution in [0.2, 0.25) is 10.0 Å². The van der Waals surface area contributed by atoms with Crippen molar-refractivity contribution in [2.24, 2.45) is 0 Å². The van der Waals surface area contributed by atoms with Gasteiger partial charge in [-0.2, -0.15) is 0 Å². The highest BCUT2D eigenvalue weighted by Crippen LogP contribution is 2.22. The van der Waals surface area contributed by atoms with Gasteiger partial charge in [-0.3, -0.25) is 9.59 Å². The molecule has 0 saturated heterocycles. The fourth-order valence-corrected chi connectivity index (χ4v) is 3.81. The normalized spacial score (nSPS) is 11.5. The van der Waals surface area contributed by atoms with E-state index in [2.05, 4.69) is 5.32 Å². The monoisotopic (exact) mass is 498 g/mol. The average molecular weight is 499 g/mol. The number of nitrogens with zero attached hydrogens (tertiary/aromatic N) is 1. The Balaban J connectivity index is 1.88. The molecule has 0 radical (unpaired) electrons. The molecule has 3 rings (SSSR count). The maximum absolute atomic E-state index is 13.4. The van der Waals surface area contributed by atoms with Gasteiger partial charge >= 0.3 is 0 Å². The highest BCUT2D eigenvalue weighted by molar-refractivity contribution is 6.31. The average Bonchev–Trinajstić information content (AvgIpc) is 2.84. The lowest BCUT2D eigenvalue weighted by atomic mass is 10.0. The summed E-state index contributed by atoms with van der Waals surface area (Å²) in [6.45, 7) is 4.23. The Bertz CT molecular complexity index is 1100. The smallest absolute Gasteiger partial charge is 0.261 e. The second-order valence-electron chi connectivity index (χ2n) is 7.95. The summed E-state index contributed by atoms with van der Waals surface area (Å²) in [5, 5.41) is 4.11. The van der Waals surface area contributed by atoms with Crippen LogP contribution < -0.4 is 10.1 Å². The van der Waals surface area contributed by atoms with Crippen molar-refractivity contribution in [3.8, 4) is 5.75 Å².